The van der Waals surface area contributed by atoms with E-state index in [0.29, 0.717) is 34.6 Å². The van der Waals surface area contributed by atoms with Crippen LogP contribution in [-0.4, -0.2) is 75.1 Å². The Morgan fingerprint density at radius 1 is 1.23 bits per heavy atom. The number of carboxylic acid groups (broad SMARTS) is 1. The van der Waals surface area contributed by atoms with Crippen molar-refractivity contribution in [1.29, 1.82) is 0 Å². The minimum atomic E-state index is -1.28. The maximum atomic E-state index is 13.1. The van der Waals surface area contributed by atoms with Crippen LogP contribution in [0, 0.1) is 0 Å². The molecular formula is C28H30Cl2N6O4. The second kappa shape index (κ2) is 11.9. The summed E-state index contributed by atoms with van der Waals surface area (Å²) >= 11 is 13.0. The summed E-state index contributed by atoms with van der Waals surface area (Å²) in [5.74, 6) is -0.908. The number of aromatic nitrogens is 4. The zero-order valence-electron chi connectivity index (χ0n) is 22.3. The number of aromatic carboxylic acids is 1. The van der Waals surface area contributed by atoms with Crippen LogP contribution >= 0.6 is 23.2 Å². The summed E-state index contributed by atoms with van der Waals surface area (Å²) in [7, 11) is 4.00. The van der Waals surface area contributed by atoms with Crippen molar-refractivity contribution in [2.45, 2.75) is 32.0 Å². The fourth-order valence-corrected chi connectivity index (χ4v) is 5.44. The third kappa shape index (κ3) is 5.94. The molecule has 1 atom stereocenters. The molecule has 1 saturated heterocycles. The number of ether oxygens (including phenoxy) is 1. The topological polar surface area (TPSA) is 106 Å². The van der Waals surface area contributed by atoms with E-state index in [-0.39, 0.29) is 17.0 Å². The molecular weight excluding hydrogens is 555 g/mol. The third-order valence-corrected chi connectivity index (χ3v) is 7.61. The van der Waals surface area contributed by atoms with Crippen molar-refractivity contribution in [3.05, 3.63) is 80.4 Å². The van der Waals surface area contributed by atoms with E-state index in [0.717, 1.165) is 43.7 Å². The van der Waals surface area contributed by atoms with E-state index in [2.05, 4.69) is 19.9 Å². The lowest BCUT2D eigenvalue weighted by atomic mass is 10.1. The highest BCUT2D eigenvalue weighted by molar-refractivity contribution is 6.34. The highest BCUT2D eigenvalue weighted by Gasteiger charge is 2.28. The summed E-state index contributed by atoms with van der Waals surface area (Å²) in [6.07, 6.45) is 8.54. The third-order valence-electron chi connectivity index (χ3n) is 7.02. The monoisotopic (exact) mass is 584 g/mol. The largest absolute Gasteiger partial charge is 0.477 e. The zero-order valence-corrected chi connectivity index (χ0v) is 23.8. The number of pyridine rings is 2. The highest BCUT2D eigenvalue weighted by Crippen LogP contribution is 2.35. The highest BCUT2D eigenvalue weighted by atomic mass is 35.5. The summed E-state index contributed by atoms with van der Waals surface area (Å²) in [5.41, 5.74) is 1.35. The number of hydrogen-bond acceptors (Lipinski definition) is 7. The van der Waals surface area contributed by atoms with E-state index in [1.807, 2.05) is 31.0 Å². The number of carboxylic acids is 1. The second-order valence-corrected chi connectivity index (χ2v) is 10.9. The average Bonchev–Trinajstić information content (AvgIpc) is 3.57. The Hall–Kier alpha value is -3.60. The minimum Gasteiger partial charge on any atom is -0.477 e. The smallest absolute Gasteiger partial charge is 0.341 e. The van der Waals surface area contributed by atoms with Crippen molar-refractivity contribution in [1.82, 2.24) is 24.2 Å². The van der Waals surface area contributed by atoms with Gasteiger partial charge in [-0.05, 0) is 51.2 Å². The molecule has 4 heterocycles. The molecule has 3 aromatic heterocycles. The van der Waals surface area contributed by atoms with Crippen molar-refractivity contribution in [3.63, 3.8) is 0 Å². The molecule has 0 bridgehead atoms. The summed E-state index contributed by atoms with van der Waals surface area (Å²) < 4.78 is 9.57. The van der Waals surface area contributed by atoms with Crippen LogP contribution in [0.25, 0.3) is 10.9 Å². The Labute approximate surface area is 241 Å². The zero-order chi connectivity index (χ0) is 28.4. The summed E-state index contributed by atoms with van der Waals surface area (Å²) in [5, 5.41) is 15.2. The Morgan fingerprint density at radius 2 is 2.05 bits per heavy atom. The van der Waals surface area contributed by atoms with E-state index in [1.54, 1.807) is 35.2 Å². The van der Waals surface area contributed by atoms with Gasteiger partial charge in [0.05, 0.1) is 41.6 Å². The number of halogens is 2. The lowest BCUT2D eigenvalue weighted by molar-refractivity contribution is 0.0695. The Kier molecular flexibility index (Phi) is 8.30. The molecule has 0 radical (unpaired) electrons. The number of nitrogens with zero attached hydrogens (tertiary/aromatic N) is 6. The van der Waals surface area contributed by atoms with Crippen LogP contribution in [0.1, 0.15) is 28.8 Å². The molecule has 40 heavy (non-hydrogen) atoms. The number of carbonyl (C=O) groups is 1. The van der Waals surface area contributed by atoms with Gasteiger partial charge in [0.25, 0.3) is 0 Å². The molecule has 12 heteroatoms. The van der Waals surface area contributed by atoms with Gasteiger partial charge in [-0.25, -0.2) is 9.78 Å². The first-order valence-corrected chi connectivity index (χ1v) is 13.7. The molecule has 1 aromatic carbocycles. The Bertz CT molecular complexity index is 1600. The van der Waals surface area contributed by atoms with Gasteiger partial charge in [0, 0.05) is 42.6 Å². The van der Waals surface area contributed by atoms with Gasteiger partial charge < -0.3 is 24.2 Å². The maximum absolute atomic E-state index is 13.1. The average molecular weight is 585 g/mol. The molecule has 0 unspecified atom stereocenters. The molecule has 0 spiro atoms. The number of anilines is 1. The van der Waals surface area contributed by atoms with Gasteiger partial charge >= 0.3 is 5.97 Å². The van der Waals surface area contributed by atoms with Gasteiger partial charge in [-0.15, -0.1) is 0 Å². The van der Waals surface area contributed by atoms with Crippen LogP contribution in [0.5, 0.6) is 5.88 Å². The quantitative estimate of drug-likeness (QED) is 0.295. The number of fused-ring (bicyclic) bond motifs is 1. The van der Waals surface area contributed by atoms with Gasteiger partial charge in [0.15, 0.2) is 0 Å². The van der Waals surface area contributed by atoms with E-state index in [4.69, 9.17) is 27.9 Å². The fourth-order valence-electron chi connectivity index (χ4n) is 4.99. The maximum Gasteiger partial charge on any atom is 0.341 e. The molecule has 1 aliphatic heterocycles. The van der Waals surface area contributed by atoms with Crippen LogP contribution in [0.3, 0.4) is 0 Å². The summed E-state index contributed by atoms with van der Waals surface area (Å²) in [4.78, 5) is 33.5. The van der Waals surface area contributed by atoms with E-state index in [1.165, 1.54) is 6.20 Å². The standard InChI is InChI=1S/C28H30Cl2N6O4/c1-33(2)9-10-35-15-18(13-32-35)14-34-16-21(28(38)39)26(37)20-11-23(30)25(12-24(20)34)36-8-4-5-19(36)17-40-27-22(29)6-3-7-31-27/h3,6-7,11-13,15-16,19H,4-5,8-10,14,17H2,1-2H3,(H,38,39)/t19-/m1/s1. The predicted molar refractivity (Wildman–Crippen MR) is 155 cm³/mol. The Morgan fingerprint density at radius 3 is 2.80 bits per heavy atom. The van der Waals surface area contributed by atoms with Crippen molar-refractivity contribution < 1.29 is 14.6 Å². The Balaban J connectivity index is 1.50. The van der Waals surface area contributed by atoms with Gasteiger partial charge in [0.1, 0.15) is 17.2 Å². The van der Waals surface area contributed by atoms with Gasteiger partial charge in [0.2, 0.25) is 11.3 Å². The van der Waals surface area contributed by atoms with E-state index < -0.39 is 11.4 Å². The first-order chi connectivity index (χ1) is 19.2. The van der Waals surface area contributed by atoms with E-state index >= 15 is 0 Å². The van der Waals surface area contributed by atoms with Crippen LogP contribution < -0.4 is 15.1 Å². The molecule has 210 valence electrons. The number of benzene rings is 1. The summed E-state index contributed by atoms with van der Waals surface area (Å²) in [6, 6.07) is 6.93. The first-order valence-electron chi connectivity index (χ1n) is 13.0. The molecule has 1 fully saturated rings. The molecule has 4 aromatic rings. The van der Waals surface area contributed by atoms with Crippen LogP contribution in [-0.2, 0) is 13.1 Å². The van der Waals surface area contributed by atoms with Crippen molar-refractivity contribution >= 4 is 45.8 Å². The van der Waals surface area contributed by atoms with Crippen molar-refractivity contribution in [2.24, 2.45) is 0 Å². The molecule has 1 aliphatic rings. The fraction of sp³-hybridized carbons (Fsp3) is 0.357. The number of hydrogen-bond donors (Lipinski definition) is 1. The van der Waals surface area contributed by atoms with Crippen LogP contribution in [0.2, 0.25) is 10.0 Å². The first kappa shape index (κ1) is 27.9. The molecule has 5 rings (SSSR count). The van der Waals surface area contributed by atoms with Crippen LogP contribution in [0.4, 0.5) is 5.69 Å². The van der Waals surface area contributed by atoms with Gasteiger partial charge in [-0.1, -0.05) is 23.2 Å². The van der Waals surface area contributed by atoms with Crippen molar-refractivity contribution in [3.8, 4) is 5.88 Å². The van der Waals surface area contributed by atoms with Gasteiger partial charge in [-0.2, -0.15) is 5.10 Å². The number of rotatable bonds is 10. The van der Waals surface area contributed by atoms with Crippen molar-refractivity contribution in [2.75, 3.05) is 38.7 Å². The molecule has 1 N–H and O–H groups in total. The SMILES string of the molecule is CN(C)CCn1cc(Cn2cc(C(=O)O)c(=O)c3cc(Cl)c(N4CCC[C@@H]4COc4ncccc4Cl)cc32)cn1. The minimum absolute atomic E-state index is 0.0152. The lowest BCUT2D eigenvalue weighted by Crippen LogP contribution is -2.34. The second-order valence-electron chi connectivity index (χ2n) is 10.1. The molecule has 0 aliphatic carbocycles. The number of likely N-dealkylation sites (N-methyl/N-ethyl adjacent to an activating group) is 1. The molecule has 10 nitrogen and oxygen atoms in total. The summed E-state index contributed by atoms with van der Waals surface area (Å²) in [6.45, 7) is 3.01. The molecule has 0 amide bonds. The molecule has 0 saturated carbocycles. The predicted octanol–water partition coefficient (Wildman–Crippen LogP) is 4.26. The lowest BCUT2D eigenvalue weighted by Gasteiger charge is -2.28. The van der Waals surface area contributed by atoms with Crippen LogP contribution in [0.15, 0.2) is 53.8 Å². The van der Waals surface area contributed by atoms with E-state index in [9.17, 15) is 14.7 Å². The van der Waals surface area contributed by atoms with Gasteiger partial charge in [-0.3, -0.25) is 9.48 Å². The normalized spacial score (nSPS) is 15.3.